The fraction of sp³-hybridized carbons (Fsp3) is 0.931. The van der Waals surface area contributed by atoms with Gasteiger partial charge in [-0.2, -0.15) is 0 Å². The molecule has 0 spiro atoms. The predicted molar refractivity (Wildman–Crippen MR) is 355 cm³/mol. The van der Waals surface area contributed by atoms with Crippen LogP contribution in [0.15, 0.2) is 24.3 Å². The number of carbonyl (C=O) groups is 1. The molecule has 3 unspecified atom stereocenters. The molecule has 8 nitrogen and oxygen atoms in total. The molecule has 9 heteroatoms. The number of unbranched alkanes of at least 4 members (excludes halogenated alkanes) is 53. The number of carbonyl (C=O) groups excluding carboxylic acids is 1. The molecule has 81 heavy (non-hydrogen) atoms. The molecule has 1 amide bonds. The third-order valence-electron chi connectivity index (χ3n) is 16.9. The number of hydrogen-bond acceptors (Lipinski definition) is 5. The number of phosphoric ester groups is 1. The van der Waals surface area contributed by atoms with Gasteiger partial charge < -0.3 is 19.8 Å². The quantitative estimate of drug-likeness (QED) is 0.0243. The molecule has 0 aromatic heterocycles. The molecule has 0 heterocycles. The van der Waals surface area contributed by atoms with E-state index in [1.54, 1.807) is 6.08 Å². The molecule has 0 saturated carbocycles. The zero-order valence-corrected chi connectivity index (χ0v) is 56.2. The fourth-order valence-corrected chi connectivity index (χ4v) is 12.0. The minimum atomic E-state index is -4.36. The first-order chi connectivity index (χ1) is 39.5. The Bertz CT molecular complexity index is 1370. The van der Waals surface area contributed by atoms with E-state index in [-0.39, 0.29) is 19.1 Å². The van der Waals surface area contributed by atoms with Gasteiger partial charge in [-0.1, -0.05) is 366 Å². The van der Waals surface area contributed by atoms with Gasteiger partial charge in [0.15, 0.2) is 0 Å². The third kappa shape index (κ3) is 66.4. The van der Waals surface area contributed by atoms with E-state index in [1.807, 2.05) is 27.2 Å². The standard InChI is InChI=1S/C72H143N2O6P/c1-6-8-10-12-14-16-18-20-22-24-26-28-30-32-33-34-35-36-37-38-39-40-41-42-44-46-48-50-52-54-56-58-60-62-64-66-72(76)73-70(69-80-81(77,78)79-68-67-74(3,4)5)71(75)65-63-61-59-57-55-53-51-49-47-45-43-31-29-27-25-23-21-19-17-15-13-11-9-7-2/h55,57,63,65,70-71,75H,6-54,56,58-62,64,66-69H2,1-5H3,(H-,73,76,77,78)/p+1/b57-55+,65-63+. The van der Waals surface area contributed by atoms with Crippen molar-refractivity contribution in [1.29, 1.82) is 0 Å². The summed E-state index contributed by atoms with van der Waals surface area (Å²) in [5.41, 5.74) is 0. The van der Waals surface area contributed by atoms with Crippen molar-refractivity contribution in [2.24, 2.45) is 0 Å². The third-order valence-corrected chi connectivity index (χ3v) is 17.9. The van der Waals surface area contributed by atoms with Crippen molar-refractivity contribution in [3.63, 3.8) is 0 Å². The molecule has 0 aliphatic heterocycles. The predicted octanol–water partition coefficient (Wildman–Crippen LogP) is 23.1. The van der Waals surface area contributed by atoms with Crippen molar-refractivity contribution in [2.75, 3.05) is 40.9 Å². The van der Waals surface area contributed by atoms with E-state index < -0.39 is 20.0 Å². The highest BCUT2D eigenvalue weighted by Crippen LogP contribution is 2.43. The smallest absolute Gasteiger partial charge is 0.387 e. The van der Waals surface area contributed by atoms with E-state index in [4.69, 9.17) is 9.05 Å². The van der Waals surface area contributed by atoms with Crippen molar-refractivity contribution in [3.05, 3.63) is 24.3 Å². The van der Waals surface area contributed by atoms with E-state index in [9.17, 15) is 19.4 Å². The molecule has 0 aromatic rings. The van der Waals surface area contributed by atoms with Gasteiger partial charge in [0.05, 0.1) is 39.9 Å². The number of rotatable bonds is 68. The van der Waals surface area contributed by atoms with Gasteiger partial charge in [0.25, 0.3) is 0 Å². The molecule has 3 atom stereocenters. The summed E-state index contributed by atoms with van der Waals surface area (Å²) in [4.78, 5) is 23.4. The van der Waals surface area contributed by atoms with Crippen LogP contribution < -0.4 is 5.32 Å². The fourth-order valence-electron chi connectivity index (χ4n) is 11.3. The van der Waals surface area contributed by atoms with Crippen LogP contribution in [-0.2, 0) is 18.4 Å². The molecule has 0 aliphatic rings. The van der Waals surface area contributed by atoms with E-state index in [2.05, 4.69) is 31.3 Å². The average Bonchev–Trinajstić information content (AvgIpc) is 3.43. The van der Waals surface area contributed by atoms with Crippen molar-refractivity contribution >= 4 is 13.7 Å². The maximum absolute atomic E-state index is 13.0. The summed E-state index contributed by atoms with van der Waals surface area (Å²) in [6.07, 6.45) is 83.5. The van der Waals surface area contributed by atoms with E-state index >= 15 is 0 Å². The number of quaternary nitrogens is 1. The van der Waals surface area contributed by atoms with Crippen LogP contribution in [-0.4, -0.2) is 73.4 Å². The molecule has 0 aromatic carbocycles. The lowest BCUT2D eigenvalue weighted by molar-refractivity contribution is -0.870. The number of aliphatic hydroxyl groups is 1. The summed E-state index contributed by atoms with van der Waals surface area (Å²) < 4.78 is 23.8. The average molecular weight is 1160 g/mol. The highest BCUT2D eigenvalue weighted by Gasteiger charge is 2.28. The second-order valence-corrected chi connectivity index (χ2v) is 27.8. The summed E-state index contributed by atoms with van der Waals surface area (Å²) in [5.74, 6) is -0.177. The van der Waals surface area contributed by atoms with Gasteiger partial charge in [-0.3, -0.25) is 13.8 Å². The van der Waals surface area contributed by atoms with Gasteiger partial charge in [-0.15, -0.1) is 0 Å². The monoisotopic (exact) mass is 1160 g/mol. The van der Waals surface area contributed by atoms with Gasteiger partial charge in [-0.25, -0.2) is 4.57 Å². The Kier molecular flexibility index (Phi) is 62.7. The van der Waals surface area contributed by atoms with Gasteiger partial charge >= 0.3 is 7.82 Å². The van der Waals surface area contributed by atoms with Crippen molar-refractivity contribution in [1.82, 2.24) is 5.32 Å². The van der Waals surface area contributed by atoms with Gasteiger partial charge in [0.1, 0.15) is 13.2 Å². The number of aliphatic hydroxyl groups excluding tert-OH is 1. The Balaban J connectivity index is 3.99. The van der Waals surface area contributed by atoms with Crippen LogP contribution in [0.3, 0.4) is 0 Å². The van der Waals surface area contributed by atoms with E-state index in [1.165, 1.54) is 321 Å². The molecule has 0 fully saturated rings. The van der Waals surface area contributed by atoms with Crippen LogP contribution in [0.5, 0.6) is 0 Å². The molecule has 3 N–H and O–H groups in total. The second-order valence-electron chi connectivity index (χ2n) is 26.3. The van der Waals surface area contributed by atoms with Crippen LogP contribution in [0.4, 0.5) is 0 Å². The maximum Gasteiger partial charge on any atom is 0.472 e. The Morgan fingerprint density at radius 3 is 0.988 bits per heavy atom. The number of amides is 1. The molecule has 0 aliphatic carbocycles. The molecule has 482 valence electrons. The van der Waals surface area contributed by atoms with Gasteiger partial charge in [0.2, 0.25) is 5.91 Å². The maximum atomic E-state index is 13.0. The molecular formula is C72H144N2O6P+. The Hall–Kier alpha value is -1.02. The van der Waals surface area contributed by atoms with Gasteiger partial charge in [-0.05, 0) is 32.1 Å². The zero-order valence-electron chi connectivity index (χ0n) is 55.3. The summed E-state index contributed by atoms with van der Waals surface area (Å²) in [6, 6.07) is -0.862. The zero-order chi connectivity index (χ0) is 59.1. The van der Waals surface area contributed by atoms with Crippen LogP contribution >= 0.6 is 7.82 Å². The summed E-state index contributed by atoms with van der Waals surface area (Å²) in [6.45, 7) is 4.86. The van der Waals surface area contributed by atoms with Crippen LogP contribution in [0.25, 0.3) is 0 Å². The normalized spacial score (nSPS) is 13.7. The van der Waals surface area contributed by atoms with Crippen molar-refractivity contribution in [3.8, 4) is 0 Å². The number of allylic oxidation sites excluding steroid dienone is 3. The highest BCUT2D eigenvalue weighted by atomic mass is 31.2. The Morgan fingerprint density at radius 1 is 0.407 bits per heavy atom. The van der Waals surface area contributed by atoms with Gasteiger partial charge in [0, 0.05) is 6.42 Å². The highest BCUT2D eigenvalue weighted by molar-refractivity contribution is 7.47. The van der Waals surface area contributed by atoms with Crippen LogP contribution in [0.2, 0.25) is 0 Å². The largest absolute Gasteiger partial charge is 0.472 e. The second kappa shape index (κ2) is 63.5. The van der Waals surface area contributed by atoms with Crippen molar-refractivity contribution < 1.29 is 32.9 Å². The van der Waals surface area contributed by atoms with E-state index in [0.29, 0.717) is 17.4 Å². The minimum Gasteiger partial charge on any atom is -0.387 e. The number of likely N-dealkylation sites (N-methyl/N-ethyl adjacent to an activating group) is 1. The molecular weight excluding hydrogens is 1020 g/mol. The Labute approximate surface area is 506 Å². The lowest BCUT2D eigenvalue weighted by Gasteiger charge is -2.25. The van der Waals surface area contributed by atoms with Crippen molar-refractivity contribution in [2.45, 2.75) is 392 Å². The first kappa shape index (κ1) is 80.0. The first-order valence-electron chi connectivity index (χ1n) is 36.2. The summed E-state index contributed by atoms with van der Waals surface area (Å²) in [5, 5.41) is 14.0. The minimum absolute atomic E-state index is 0.0591. The number of nitrogens with zero attached hydrogens (tertiary/aromatic N) is 1. The van der Waals surface area contributed by atoms with Crippen LogP contribution in [0.1, 0.15) is 380 Å². The molecule has 0 radical (unpaired) electrons. The molecule has 0 saturated heterocycles. The SMILES string of the molecule is CCCCCCCCCCCCCCCCCCCC/C=C/CC/C=C/C(O)C(COP(=O)(O)OCC[N+](C)(C)C)NC(=O)CCCCCCCCCCCCCCCCCCCCCCCCCCCCCCCCCCCCC. The Morgan fingerprint density at radius 2 is 0.679 bits per heavy atom. The van der Waals surface area contributed by atoms with Crippen LogP contribution in [0, 0.1) is 0 Å². The van der Waals surface area contributed by atoms with E-state index in [0.717, 1.165) is 38.5 Å². The molecule has 0 bridgehead atoms. The molecule has 0 rings (SSSR count). The lowest BCUT2D eigenvalue weighted by atomic mass is 10.0. The number of hydrogen-bond donors (Lipinski definition) is 3. The lowest BCUT2D eigenvalue weighted by Crippen LogP contribution is -2.45. The summed E-state index contributed by atoms with van der Waals surface area (Å²) in [7, 11) is 1.58. The number of nitrogens with one attached hydrogen (secondary N) is 1. The topological polar surface area (TPSA) is 105 Å². The first-order valence-corrected chi connectivity index (χ1v) is 37.7. The summed E-state index contributed by atoms with van der Waals surface area (Å²) >= 11 is 0. The number of phosphoric acid groups is 1.